The highest BCUT2D eigenvalue weighted by Gasteiger charge is 2.33. The van der Waals surface area contributed by atoms with Crippen molar-refractivity contribution in [1.29, 1.82) is 0 Å². The van der Waals surface area contributed by atoms with Gasteiger partial charge < -0.3 is 5.32 Å². The molecule has 2 aromatic rings. The van der Waals surface area contributed by atoms with Crippen LogP contribution >= 0.6 is 0 Å². The molecule has 1 saturated heterocycles. The van der Waals surface area contributed by atoms with Gasteiger partial charge in [0.15, 0.2) is 0 Å². The van der Waals surface area contributed by atoms with E-state index in [2.05, 4.69) is 36.5 Å². The third-order valence-electron chi connectivity index (χ3n) is 4.52. The summed E-state index contributed by atoms with van der Waals surface area (Å²) in [6, 6.07) is 17.5. The molecule has 1 N–H and O–H groups in total. The van der Waals surface area contributed by atoms with Crippen molar-refractivity contribution < 1.29 is 8.42 Å². The highest BCUT2D eigenvalue weighted by Crippen LogP contribution is 2.27. The topological polar surface area (TPSA) is 49.4 Å². The summed E-state index contributed by atoms with van der Waals surface area (Å²) >= 11 is 0. The lowest BCUT2D eigenvalue weighted by Crippen LogP contribution is -2.48. The molecule has 2 aromatic carbocycles. The fourth-order valence-corrected chi connectivity index (χ4v) is 4.88. The molecule has 1 unspecified atom stereocenters. The van der Waals surface area contributed by atoms with Gasteiger partial charge in [-0.05, 0) is 23.1 Å². The quantitative estimate of drug-likeness (QED) is 0.907. The smallest absolute Gasteiger partial charge is 0.218 e. The van der Waals surface area contributed by atoms with Gasteiger partial charge in [0.25, 0.3) is 0 Å². The molecule has 0 amide bonds. The summed E-state index contributed by atoms with van der Waals surface area (Å²) in [7, 11) is -3.36. The summed E-state index contributed by atoms with van der Waals surface area (Å²) in [5, 5.41) is 3.32. The van der Waals surface area contributed by atoms with Crippen molar-refractivity contribution in [1.82, 2.24) is 9.62 Å². The van der Waals surface area contributed by atoms with E-state index in [0.29, 0.717) is 19.6 Å². The third-order valence-corrected chi connectivity index (χ3v) is 6.37. The van der Waals surface area contributed by atoms with Crippen molar-refractivity contribution in [2.75, 3.05) is 19.6 Å². The molecule has 4 nitrogen and oxygen atoms in total. The van der Waals surface area contributed by atoms with E-state index >= 15 is 0 Å². The van der Waals surface area contributed by atoms with Gasteiger partial charge in [-0.2, -0.15) is 4.31 Å². The van der Waals surface area contributed by atoms with Gasteiger partial charge in [0.1, 0.15) is 0 Å². The number of benzene rings is 2. The molecule has 1 aliphatic heterocycles. The number of sulfonamides is 1. The van der Waals surface area contributed by atoms with Crippen LogP contribution in [0, 0.1) is 0 Å². The van der Waals surface area contributed by atoms with Gasteiger partial charge in [0, 0.05) is 19.6 Å². The minimum absolute atomic E-state index is 0.0530. The number of nitrogens with one attached hydrogen (secondary N) is 1. The molecule has 1 aliphatic rings. The second-order valence-corrected chi connectivity index (χ2v) is 8.09. The van der Waals surface area contributed by atoms with Gasteiger partial charge in [0.05, 0.1) is 11.8 Å². The second-order valence-electron chi connectivity index (χ2n) is 6.17. The van der Waals surface area contributed by atoms with Gasteiger partial charge >= 0.3 is 0 Å². The summed E-state index contributed by atoms with van der Waals surface area (Å²) in [6.07, 6.45) is 0.985. The van der Waals surface area contributed by atoms with Crippen molar-refractivity contribution in [2.24, 2.45) is 0 Å². The van der Waals surface area contributed by atoms with Crippen LogP contribution in [0.2, 0.25) is 0 Å². The predicted octanol–water partition coefficient (Wildman–Crippen LogP) is 2.73. The van der Waals surface area contributed by atoms with E-state index in [-0.39, 0.29) is 11.8 Å². The molecule has 0 bridgehead atoms. The van der Waals surface area contributed by atoms with Gasteiger partial charge in [-0.15, -0.1) is 0 Å². The molecular formula is C19H24N2O2S. The SMILES string of the molecule is CCc1ccc(C2CNCCN2S(=O)(=O)Cc2ccccc2)cc1. The molecule has 1 atom stereocenters. The number of nitrogens with zero attached hydrogens (tertiary/aromatic N) is 1. The maximum absolute atomic E-state index is 13.0. The van der Waals surface area contributed by atoms with Crippen LogP contribution in [0.1, 0.15) is 29.7 Å². The molecule has 0 radical (unpaired) electrons. The maximum Gasteiger partial charge on any atom is 0.218 e. The van der Waals surface area contributed by atoms with Crippen LogP contribution in [0.15, 0.2) is 54.6 Å². The number of hydrogen-bond donors (Lipinski definition) is 1. The molecule has 24 heavy (non-hydrogen) atoms. The second kappa shape index (κ2) is 7.47. The minimum Gasteiger partial charge on any atom is -0.313 e. The summed E-state index contributed by atoms with van der Waals surface area (Å²) in [6.45, 7) is 3.97. The number of aryl methyl sites for hydroxylation is 1. The lowest BCUT2D eigenvalue weighted by atomic mass is 10.0. The minimum atomic E-state index is -3.36. The Kier molecular flexibility index (Phi) is 5.33. The zero-order valence-corrected chi connectivity index (χ0v) is 14.8. The first-order valence-corrected chi connectivity index (χ1v) is 10.0. The summed E-state index contributed by atoms with van der Waals surface area (Å²) < 4.78 is 27.6. The first kappa shape index (κ1) is 17.1. The van der Waals surface area contributed by atoms with E-state index in [0.717, 1.165) is 17.5 Å². The molecule has 1 fully saturated rings. The lowest BCUT2D eigenvalue weighted by Gasteiger charge is -2.35. The van der Waals surface area contributed by atoms with Crippen LogP contribution in [-0.4, -0.2) is 32.4 Å². The van der Waals surface area contributed by atoms with Crippen LogP contribution < -0.4 is 5.32 Å². The van der Waals surface area contributed by atoms with Crippen molar-refractivity contribution in [3.63, 3.8) is 0 Å². The molecular weight excluding hydrogens is 320 g/mol. The van der Waals surface area contributed by atoms with Gasteiger partial charge in [-0.1, -0.05) is 61.5 Å². The van der Waals surface area contributed by atoms with Gasteiger partial charge in [-0.3, -0.25) is 0 Å². The predicted molar refractivity (Wildman–Crippen MR) is 97.2 cm³/mol. The molecule has 0 aliphatic carbocycles. The largest absolute Gasteiger partial charge is 0.313 e. The Labute approximate surface area is 144 Å². The zero-order chi connectivity index (χ0) is 17.0. The number of hydrogen-bond acceptors (Lipinski definition) is 3. The number of rotatable bonds is 5. The Balaban J connectivity index is 1.85. The molecule has 0 aromatic heterocycles. The highest BCUT2D eigenvalue weighted by atomic mass is 32.2. The van der Waals surface area contributed by atoms with Crippen LogP contribution in [0.25, 0.3) is 0 Å². The first-order chi connectivity index (χ1) is 11.6. The van der Waals surface area contributed by atoms with Crippen molar-refractivity contribution in [3.05, 3.63) is 71.3 Å². The van der Waals surface area contributed by atoms with Crippen LogP contribution in [-0.2, 0) is 22.2 Å². The van der Waals surface area contributed by atoms with Crippen molar-refractivity contribution >= 4 is 10.0 Å². The van der Waals surface area contributed by atoms with Gasteiger partial charge in [-0.25, -0.2) is 8.42 Å². The third kappa shape index (κ3) is 3.86. The normalized spacial score (nSPS) is 19.3. The molecule has 0 saturated carbocycles. The van der Waals surface area contributed by atoms with Crippen molar-refractivity contribution in [3.8, 4) is 0 Å². The van der Waals surface area contributed by atoms with E-state index < -0.39 is 10.0 Å². The molecule has 1 heterocycles. The molecule has 0 spiro atoms. The first-order valence-electron chi connectivity index (χ1n) is 8.43. The number of piperazine rings is 1. The summed E-state index contributed by atoms with van der Waals surface area (Å²) in [5.74, 6) is 0.0530. The van der Waals surface area contributed by atoms with E-state index in [1.165, 1.54) is 5.56 Å². The Morgan fingerprint density at radius 2 is 1.75 bits per heavy atom. The maximum atomic E-state index is 13.0. The Bertz CT molecular complexity index is 758. The monoisotopic (exact) mass is 344 g/mol. The van der Waals surface area contributed by atoms with Gasteiger partial charge in [0.2, 0.25) is 10.0 Å². The van der Waals surface area contributed by atoms with Crippen molar-refractivity contribution in [2.45, 2.75) is 25.1 Å². The Morgan fingerprint density at radius 1 is 1.04 bits per heavy atom. The molecule has 128 valence electrons. The Morgan fingerprint density at radius 3 is 2.42 bits per heavy atom. The molecule has 3 rings (SSSR count). The average Bonchev–Trinajstić information content (AvgIpc) is 2.62. The van der Waals surface area contributed by atoms with Crippen LogP contribution in [0.4, 0.5) is 0 Å². The standard InChI is InChI=1S/C19H24N2O2S/c1-2-16-8-10-18(11-9-16)19-14-20-12-13-21(19)24(22,23)15-17-6-4-3-5-7-17/h3-11,19-20H,2,12-15H2,1H3. The van der Waals surface area contributed by atoms with E-state index in [9.17, 15) is 8.42 Å². The van der Waals surface area contributed by atoms with E-state index in [4.69, 9.17) is 0 Å². The summed E-state index contributed by atoms with van der Waals surface area (Å²) in [5.41, 5.74) is 3.15. The van der Waals surface area contributed by atoms with E-state index in [1.807, 2.05) is 30.3 Å². The fraction of sp³-hybridized carbons (Fsp3) is 0.368. The summed E-state index contributed by atoms with van der Waals surface area (Å²) in [4.78, 5) is 0. The molecule has 5 heteroatoms. The van der Waals surface area contributed by atoms with Crippen LogP contribution in [0.3, 0.4) is 0 Å². The lowest BCUT2D eigenvalue weighted by molar-refractivity contribution is 0.271. The van der Waals surface area contributed by atoms with Crippen LogP contribution in [0.5, 0.6) is 0 Å². The zero-order valence-electron chi connectivity index (χ0n) is 14.0. The fourth-order valence-electron chi connectivity index (χ4n) is 3.15. The Hall–Kier alpha value is -1.69. The van der Waals surface area contributed by atoms with E-state index in [1.54, 1.807) is 4.31 Å². The highest BCUT2D eigenvalue weighted by molar-refractivity contribution is 7.88. The average molecular weight is 344 g/mol.